The standard InChI is InChI=1S/C15H21F2N3O2S.ClH/c1-11-8-14(17)15(9-13(11)16)23(21,22)20-5-2-12(10-20)19-6-3-18-4-7-19;/h8-9,12,18H,2-7,10H2,1H3;1H. The van der Waals surface area contributed by atoms with Gasteiger partial charge in [0.05, 0.1) is 0 Å². The van der Waals surface area contributed by atoms with Crippen molar-refractivity contribution in [3.8, 4) is 0 Å². The van der Waals surface area contributed by atoms with Crippen molar-refractivity contribution in [3.63, 3.8) is 0 Å². The number of piperazine rings is 1. The van der Waals surface area contributed by atoms with Crippen molar-refractivity contribution in [1.29, 1.82) is 0 Å². The molecule has 0 amide bonds. The van der Waals surface area contributed by atoms with Crippen molar-refractivity contribution in [2.75, 3.05) is 39.3 Å². The lowest BCUT2D eigenvalue weighted by Gasteiger charge is -2.32. The van der Waals surface area contributed by atoms with Crippen LogP contribution in [0.5, 0.6) is 0 Å². The van der Waals surface area contributed by atoms with E-state index in [4.69, 9.17) is 0 Å². The number of hydrogen-bond donors (Lipinski definition) is 1. The second-order valence-corrected chi connectivity index (χ2v) is 8.03. The van der Waals surface area contributed by atoms with Gasteiger partial charge in [-0.15, -0.1) is 12.4 Å². The van der Waals surface area contributed by atoms with Crippen LogP contribution in [0.25, 0.3) is 0 Å². The van der Waals surface area contributed by atoms with E-state index in [-0.39, 0.29) is 24.0 Å². The van der Waals surface area contributed by atoms with Gasteiger partial charge in [-0.1, -0.05) is 0 Å². The number of benzene rings is 1. The summed E-state index contributed by atoms with van der Waals surface area (Å²) < 4.78 is 54.3. The molecule has 5 nitrogen and oxygen atoms in total. The number of rotatable bonds is 3. The van der Waals surface area contributed by atoms with Crippen molar-refractivity contribution in [3.05, 3.63) is 29.3 Å². The first-order valence-electron chi connectivity index (χ1n) is 7.80. The highest BCUT2D eigenvalue weighted by atomic mass is 35.5. The summed E-state index contributed by atoms with van der Waals surface area (Å²) in [6, 6.07) is 1.87. The van der Waals surface area contributed by atoms with E-state index in [1.54, 1.807) is 0 Å². The van der Waals surface area contributed by atoms with E-state index in [1.807, 2.05) is 0 Å². The van der Waals surface area contributed by atoms with Crippen molar-refractivity contribution in [2.45, 2.75) is 24.3 Å². The third-order valence-corrected chi connectivity index (χ3v) is 6.51. The molecule has 2 aliphatic heterocycles. The van der Waals surface area contributed by atoms with E-state index in [2.05, 4.69) is 10.2 Å². The third-order valence-electron chi connectivity index (χ3n) is 4.63. The van der Waals surface area contributed by atoms with Gasteiger partial charge in [-0.05, 0) is 31.0 Å². The summed E-state index contributed by atoms with van der Waals surface area (Å²) in [5.74, 6) is -1.60. The fraction of sp³-hybridized carbons (Fsp3) is 0.600. The van der Waals surface area contributed by atoms with Crippen LogP contribution >= 0.6 is 12.4 Å². The number of nitrogens with one attached hydrogen (secondary N) is 1. The summed E-state index contributed by atoms with van der Waals surface area (Å²) in [7, 11) is -4.00. The lowest BCUT2D eigenvalue weighted by Crippen LogP contribution is -2.49. The highest BCUT2D eigenvalue weighted by Gasteiger charge is 2.37. The number of hydrogen-bond acceptors (Lipinski definition) is 4. The average molecular weight is 382 g/mol. The van der Waals surface area contributed by atoms with Crippen LogP contribution in [0.3, 0.4) is 0 Å². The van der Waals surface area contributed by atoms with Crippen LogP contribution in [-0.4, -0.2) is 62.9 Å². The van der Waals surface area contributed by atoms with Crippen LogP contribution in [0.15, 0.2) is 17.0 Å². The fourth-order valence-corrected chi connectivity index (χ4v) is 4.79. The maximum atomic E-state index is 14.0. The highest BCUT2D eigenvalue weighted by molar-refractivity contribution is 7.89. The molecule has 1 aromatic carbocycles. The Morgan fingerprint density at radius 3 is 2.46 bits per heavy atom. The summed E-state index contributed by atoms with van der Waals surface area (Å²) in [5, 5.41) is 3.26. The topological polar surface area (TPSA) is 52.7 Å². The molecule has 3 rings (SSSR count). The van der Waals surface area contributed by atoms with Gasteiger partial charge in [0.1, 0.15) is 16.5 Å². The molecule has 136 valence electrons. The molecule has 0 aromatic heterocycles. The lowest BCUT2D eigenvalue weighted by atomic mass is 10.2. The molecule has 0 saturated carbocycles. The summed E-state index contributed by atoms with van der Waals surface area (Å²) in [5.41, 5.74) is 0.0987. The normalized spacial score (nSPS) is 23.2. The van der Waals surface area contributed by atoms with Gasteiger partial charge in [0.2, 0.25) is 10.0 Å². The zero-order chi connectivity index (χ0) is 16.6. The number of halogens is 3. The van der Waals surface area contributed by atoms with E-state index >= 15 is 0 Å². The van der Waals surface area contributed by atoms with Crippen LogP contribution in [-0.2, 0) is 10.0 Å². The average Bonchev–Trinajstić information content (AvgIpc) is 3.02. The minimum atomic E-state index is -4.00. The fourth-order valence-electron chi connectivity index (χ4n) is 3.24. The van der Waals surface area contributed by atoms with E-state index in [1.165, 1.54) is 11.2 Å². The van der Waals surface area contributed by atoms with Crippen LogP contribution < -0.4 is 5.32 Å². The van der Waals surface area contributed by atoms with Crippen LogP contribution in [0, 0.1) is 18.6 Å². The van der Waals surface area contributed by atoms with Gasteiger partial charge in [0, 0.05) is 45.3 Å². The molecule has 1 atom stereocenters. The van der Waals surface area contributed by atoms with Crippen LogP contribution in [0.4, 0.5) is 8.78 Å². The number of nitrogens with zero attached hydrogens (tertiary/aromatic N) is 2. The molecule has 1 unspecified atom stereocenters. The maximum Gasteiger partial charge on any atom is 0.246 e. The zero-order valence-electron chi connectivity index (χ0n) is 13.5. The van der Waals surface area contributed by atoms with Gasteiger partial charge in [0.15, 0.2) is 0 Å². The summed E-state index contributed by atoms with van der Waals surface area (Å²) in [6.07, 6.45) is 0.717. The van der Waals surface area contributed by atoms with Gasteiger partial charge >= 0.3 is 0 Å². The smallest absolute Gasteiger partial charge is 0.246 e. The molecule has 0 aliphatic carbocycles. The van der Waals surface area contributed by atoms with Crippen LogP contribution in [0.2, 0.25) is 0 Å². The third kappa shape index (κ3) is 3.72. The molecule has 0 spiro atoms. The van der Waals surface area contributed by atoms with Crippen molar-refractivity contribution >= 4 is 22.4 Å². The summed E-state index contributed by atoms with van der Waals surface area (Å²) >= 11 is 0. The summed E-state index contributed by atoms with van der Waals surface area (Å²) in [4.78, 5) is 1.69. The molecule has 9 heteroatoms. The Hall–Kier alpha value is -0.800. The first-order valence-corrected chi connectivity index (χ1v) is 9.24. The van der Waals surface area contributed by atoms with E-state index < -0.39 is 26.6 Å². The molecule has 2 aliphatic rings. The van der Waals surface area contributed by atoms with Gasteiger partial charge in [-0.25, -0.2) is 17.2 Å². The van der Waals surface area contributed by atoms with Gasteiger partial charge in [-0.3, -0.25) is 4.90 Å². The molecule has 2 heterocycles. The maximum absolute atomic E-state index is 14.0. The molecule has 2 saturated heterocycles. The van der Waals surface area contributed by atoms with E-state index in [0.29, 0.717) is 13.1 Å². The van der Waals surface area contributed by atoms with Crippen molar-refractivity contribution < 1.29 is 17.2 Å². The molecule has 2 fully saturated rings. The largest absolute Gasteiger partial charge is 0.314 e. The highest BCUT2D eigenvalue weighted by Crippen LogP contribution is 2.27. The summed E-state index contributed by atoms with van der Waals surface area (Å²) in [6.45, 7) is 5.62. The minimum Gasteiger partial charge on any atom is -0.314 e. The van der Waals surface area contributed by atoms with Gasteiger partial charge in [0.25, 0.3) is 0 Å². The first kappa shape index (κ1) is 19.5. The van der Waals surface area contributed by atoms with E-state index in [0.717, 1.165) is 44.7 Å². The lowest BCUT2D eigenvalue weighted by molar-refractivity contribution is 0.179. The van der Waals surface area contributed by atoms with E-state index in [9.17, 15) is 17.2 Å². The van der Waals surface area contributed by atoms with Crippen molar-refractivity contribution in [2.24, 2.45) is 0 Å². The van der Waals surface area contributed by atoms with Crippen molar-refractivity contribution in [1.82, 2.24) is 14.5 Å². The molecule has 24 heavy (non-hydrogen) atoms. The molecule has 0 radical (unpaired) electrons. The zero-order valence-corrected chi connectivity index (χ0v) is 15.1. The Morgan fingerprint density at radius 1 is 1.12 bits per heavy atom. The molecule has 0 bridgehead atoms. The Balaban J connectivity index is 0.00000208. The predicted molar refractivity (Wildman–Crippen MR) is 89.9 cm³/mol. The Kier molecular flexibility index (Phi) is 6.19. The Bertz CT molecular complexity index is 696. The predicted octanol–water partition coefficient (Wildman–Crippen LogP) is 1.36. The molecule has 1 N–H and O–H groups in total. The second kappa shape index (κ2) is 7.61. The van der Waals surface area contributed by atoms with Crippen LogP contribution in [0.1, 0.15) is 12.0 Å². The molecular weight excluding hydrogens is 360 g/mol. The SMILES string of the molecule is Cc1cc(F)c(S(=O)(=O)N2CCC(N3CCNCC3)C2)cc1F.Cl. The van der Waals surface area contributed by atoms with Gasteiger partial charge in [-0.2, -0.15) is 4.31 Å². The number of sulfonamides is 1. The first-order chi connectivity index (χ1) is 10.9. The Labute approximate surface area is 147 Å². The molecular formula is C15H22ClF2N3O2S. The number of aryl methyl sites for hydroxylation is 1. The quantitative estimate of drug-likeness (QED) is 0.859. The monoisotopic (exact) mass is 381 g/mol. The van der Waals surface area contributed by atoms with Gasteiger partial charge < -0.3 is 5.32 Å². The Morgan fingerprint density at radius 2 is 1.79 bits per heavy atom. The minimum absolute atomic E-state index is 0. The molecule has 1 aromatic rings. The second-order valence-electron chi connectivity index (χ2n) is 6.12.